The molecular formula is C9H10BrN3O. The molecule has 1 aromatic carbocycles. The summed E-state index contributed by atoms with van der Waals surface area (Å²) in [6.45, 7) is 0. The predicted molar refractivity (Wildman–Crippen MR) is 56.6 cm³/mol. The van der Waals surface area contributed by atoms with E-state index in [1.165, 1.54) is 5.06 Å². The van der Waals surface area contributed by atoms with Crippen LogP contribution in [0.3, 0.4) is 0 Å². The van der Waals surface area contributed by atoms with E-state index < -0.39 is 0 Å². The largest absolute Gasteiger partial charge is 0.323 e. The zero-order chi connectivity index (χ0) is 10.1. The zero-order valence-corrected chi connectivity index (χ0v) is 9.21. The van der Waals surface area contributed by atoms with Crippen LogP contribution in [0.4, 0.5) is 0 Å². The SMILES string of the molecule is CN1OC(c2cccc(Br)c2)NC1=N. The summed E-state index contributed by atoms with van der Waals surface area (Å²) in [6, 6.07) is 7.80. The van der Waals surface area contributed by atoms with Crippen LogP contribution in [0.25, 0.3) is 0 Å². The van der Waals surface area contributed by atoms with Gasteiger partial charge in [-0.05, 0) is 12.1 Å². The minimum atomic E-state index is -0.259. The highest BCUT2D eigenvalue weighted by Crippen LogP contribution is 2.22. The highest BCUT2D eigenvalue weighted by atomic mass is 79.9. The predicted octanol–water partition coefficient (Wildman–Crippen LogP) is 1.85. The molecule has 14 heavy (non-hydrogen) atoms. The molecule has 2 rings (SSSR count). The van der Waals surface area contributed by atoms with E-state index >= 15 is 0 Å². The lowest BCUT2D eigenvalue weighted by atomic mass is 10.2. The number of rotatable bonds is 1. The summed E-state index contributed by atoms with van der Waals surface area (Å²) in [6.07, 6.45) is -0.259. The first kappa shape index (κ1) is 9.48. The Morgan fingerprint density at radius 2 is 2.36 bits per heavy atom. The summed E-state index contributed by atoms with van der Waals surface area (Å²) < 4.78 is 1.00. The lowest BCUT2D eigenvalue weighted by Gasteiger charge is -2.10. The van der Waals surface area contributed by atoms with E-state index in [1.54, 1.807) is 7.05 Å². The Labute approximate surface area is 90.5 Å². The van der Waals surface area contributed by atoms with E-state index in [1.807, 2.05) is 24.3 Å². The molecule has 5 heteroatoms. The number of nitrogens with zero attached hydrogens (tertiary/aromatic N) is 1. The topological polar surface area (TPSA) is 48.4 Å². The zero-order valence-electron chi connectivity index (χ0n) is 7.62. The molecule has 4 nitrogen and oxygen atoms in total. The molecule has 0 aromatic heterocycles. The summed E-state index contributed by atoms with van der Waals surface area (Å²) in [5.41, 5.74) is 0.994. The van der Waals surface area contributed by atoms with Gasteiger partial charge in [0.25, 0.3) is 0 Å². The van der Waals surface area contributed by atoms with Crippen LogP contribution in [0.1, 0.15) is 11.8 Å². The van der Waals surface area contributed by atoms with Gasteiger partial charge in [-0.2, -0.15) is 0 Å². The van der Waals surface area contributed by atoms with E-state index in [-0.39, 0.29) is 12.2 Å². The summed E-state index contributed by atoms with van der Waals surface area (Å²) in [4.78, 5) is 5.39. The molecule has 74 valence electrons. The standard InChI is InChI=1S/C9H10BrN3O/c1-13-9(11)12-8(14-13)6-3-2-4-7(10)5-6/h2-5,8H,1H3,(H2,11,12). The van der Waals surface area contributed by atoms with Gasteiger partial charge in [0, 0.05) is 17.1 Å². The van der Waals surface area contributed by atoms with Crippen molar-refractivity contribution in [2.75, 3.05) is 7.05 Å². The molecule has 0 amide bonds. The number of hydrogen-bond donors (Lipinski definition) is 2. The van der Waals surface area contributed by atoms with Gasteiger partial charge < -0.3 is 5.32 Å². The van der Waals surface area contributed by atoms with Crippen molar-refractivity contribution in [3.63, 3.8) is 0 Å². The van der Waals surface area contributed by atoms with Crippen LogP contribution < -0.4 is 5.32 Å². The Morgan fingerprint density at radius 3 is 2.93 bits per heavy atom. The maximum Gasteiger partial charge on any atom is 0.217 e. The second-order valence-electron chi connectivity index (χ2n) is 3.03. The van der Waals surface area contributed by atoms with Crippen LogP contribution in [-0.2, 0) is 4.84 Å². The number of benzene rings is 1. The van der Waals surface area contributed by atoms with Crippen molar-refractivity contribution in [1.29, 1.82) is 5.41 Å². The van der Waals surface area contributed by atoms with Gasteiger partial charge in [-0.15, -0.1) is 0 Å². The molecular weight excluding hydrogens is 246 g/mol. The minimum Gasteiger partial charge on any atom is -0.323 e. The summed E-state index contributed by atoms with van der Waals surface area (Å²) >= 11 is 3.39. The smallest absolute Gasteiger partial charge is 0.217 e. The van der Waals surface area contributed by atoms with Gasteiger partial charge in [-0.3, -0.25) is 5.41 Å². The second-order valence-corrected chi connectivity index (χ2v) is 3.95. The Balaban J connectivity index is 2.21. The number of nitrogens with one attached hydrogen (secondary N) is 2. The maximum absolute atomic E-state index is 7.47. The van der Waals surface area contributed by atoms with Gasteiger partial charge in [0.15, 0.2) is 6.23 Å². The molecule has 1 aliphatic rings. The van der Waals surface area contributed by atoms with Crippen LogP contribution in [-0.4, -0.2) is 18.1 Å². The summed E-state index contributed by atoms with van der Waals surface area (Å²) in [7, 11) is 1.70. The number of hydrogen-bond acceptors (Lipinski definition) is 2. The first-order valence-corrected chi connectivity index (χ1v) is 4.97. The lowest BCUT2D eigenvalue weighted by Crippen LogP contribution is -2.24. The lowest BCUT2D eigenvalue weighted by molar-refractivity contribution is -0.103. The molecule has 0 bridgehead atoms. The van der Waals surface area contributed by atoms with Crippen molar-refractivity contribution >= 4 is 21.9 Å². The Kier molecular flexibility index (Phi) is 2.43. The van der Waals surface area contributed by atoms with Crippen molar-refractivity contribution in [1.82, 2.24) is 10.4 Å². The number of halogens is 1. The van der Waals surface area contributed by atoms with Crippen LogP contribution in [0.2, 0.25) is 0 Å². The molecule has 1 aromatic rings. The third-order valence-corrected chi connectivity index (χ3v) is 2.49. The second kappa shape index (κ2) is 3.59. The normalized spacial score (nSPS) is 21.1. The fourth-order valence-corrected chi connectivity index (χ4v) is 1.68. The van der Waals surface area contributed by atoms with Gasteiger partial charge in [0.2, 0.25) is 5.96 Å². The average Bonchev–Trinajstić information content (AvgIpc) is 2.47. The van der Waals surface area contributed by atoms with E-state index in [2.05, 4.69) is 21.2 Å². The van der Waals surface area contributed by atoms with Crippen LogP contribution in [0, 0.1) is 5.41 Å². The Hall–Kier alpha value is -1.07. The van der Waals surface area contributed by atoms with Crippen molar-refractivity contribution in [3.05, 3.63) is 34.3 Å². The van der Waals surface area contributed by atoms with E-state index in [4.69, 9.17) is 10.2 Å². The van der Waals surface area contributed by atoms with Crippen molar-refractivity contribution in [3.8, 4) is 0 Å². The minimum absolute atomic E-state index is 0.259. The van der Waals surface area contributed by atoms with E-state index in [0.29, 0.717) is 0 Å². The highest BCUT2D eigenvalue weighted by Gasteiger charge is 2.25. The average molecular weight is 256 g/mol. The molecule has 1 aliphatic heterocycles. The molecule has 0 radical (unpaired) electrons. The van der Waals surface area contributed by atoms with Crippen LogP contribution >= 0.6 is 15.9 Å². The first-order valence-electron chi connectivity index (χ1n) is 4.18. The molecule has 0 aliphatic carbocycles. The fraction of sp³-hybridized carbons (Fsp3) is 0.222. The summed E-state index contributed by atoms with van der Waals surface area (Å²) in [5, 5.41) is 11.8. The van der Waals surface area contributed by atoms with Crippen LogP contribution in [0.5, 0.6) is 0 Å². The summed E-state index contributed by atoms with van der Waals surface area (Å²) in [5.74, 6) is 0.273. The van der Waals surface area contributed by atoms with Gasteiger partial charge in [-0.25, -0.2) is 9.90 Å². The van der Waals surface area contributed by atoms with Crippen molar-refractivity contribution in [2.45, 2.75) is 6.23 Å². The first-order chi connectivity index (χ1) is 6.66. The Morgan fingerprint density at radius 1 is 1.57 bits per heavy atom. The molecule has 2 N–H and O–H groups in total. The van der Waals surface area contributed by atoms with Gasteiger partial charge in [0.1, 0.15) is 0 Å². The third kappa shape index (κ3) is 1.73. The molecule has 1 heterocycles. The fourth-order valence-electron chi connectivity index (χ4n) is 1.27. The maximum atomic E-state index is 7.47. The van der Waals surface area contributed by atoms with Gasteiger partial charge in [-0.1, -0.05) is 28.1 Å². The highest BCUT2D eigenvalue weighted by molar-refractivity contribution is 9.10. The van der Waals surface area contributed by atoms with Gasteiger partial charge >= 0.3 is 0 Å². The quantitative estimate of drug-likeness (QED) is 0.806. The molecule has 1 atom stereocenters. The Bertz CT molecular complexity index is 369. The monoisotopic (exact) mass is 255 g/mol. The van der Waals surface area contributed by atoms with Crippen LogP contribution in [0.15, 0.2) is 28.7 Å². The molecule has 1 unspecified atom stereocenters. The van der Waals surface area contributed by atoms with E-state index in [0.717, 1.165) is 10.0 Å². The molecule has 1 fully saturated rings. The number of guanidine groups is 1. The van der Waals surface area contributed by atoms with Crippen molar-refractivity contribution < 1.29 is 4.84 Å². The third-order valence-electron chi connectivity index (χ3n) is 2.00. The molecule has 0 spiro atoms. The number of hydroxylamine groups is 2. The van der Waals surface area contributed by atoms with Crippen molar-refractivity contribution in [2.24, 2.45) is 0 Å². The van der Waals surface area contributed by atoms with E-state index in [9.17, 15) is 0 Å². The van der Waals surface area contributed by atoms with Gasteiger partial charge in [0.05, 0.1) is 0 Å². The molecule has 0 saturated carbocycles. The molecule has 1 saturated heterocycles.